The molecule has 1 aromatic carbocycles. The number of methoxy groups -OCH3 is 1. The molecule has 39 heavy (non-hydrogen) atoms. The van der Waals surface area contributed by atoms with E-state index < -0.39 is 80.0 Å². The van der Waals surface area contributed by atoms with Crippen LogP contribution in [0, 0.1) is 0 Å². The lowest BCUT2D eigenvalue weighted by Crippen LogP contribution is -2.54. The van der Waals surface area contributed by atoms with Gasteiger partial charge in [0, 0.05) is 12.8 Å². The third-order valence-electron chi connectivity index (χ3n) is 4.70. The summed E-state index contributed by atoms with van der Waals surface area (Å²) in [6, 6.07) is 5.37. The standard InChI is InChI=1S/C21H28F3N5O7.C3H8/c1-36-20(35)27-11-17(32)29-14(9-12-5-3-2-4-6-12)19(34)26-10-16(31)28-13(7-8-15(25)30)18(33)21(22,23)24;1-3-2/h2-6,13-14,18,33H,7-11H2,1H3,(H2,25,30)(H,26,34)(H,27,35)(H,28,31)(H,29,32);3H2,1-2H3/t13?,14-,18?;/m0./s1. The molecule has 0 aliphatic rings. The van der Waals surface area contributed by atoms with Gasteiger partial charge in [0.1, 0.15) is 12.6 Å². The highest BCUT2D eigenvalue weighted by atomic mass is 19.4. The van der Waals surface area contributed by atoms with Gasteiger partial charge in [0.05, 0.1) is 19.7 Å². The van der Waals surface area contributed by atoms with Gasteiger partial charge in [-0.3, -0.25) is 19.2 Å². The first-order chi connectivity index (χ1) is 18.2. The Kier molecular flexibility index (Phi) is 16.6. The van der Waals surface area contributed by atoms with Crippen LogP contribution in [0.3, 0.4) is 0 Å². The van der Waals surface area contributed by atoms with Crippen LogP contribution in [0.5, 0.6) is 0 Å². The number of alkyl carbamates (subject to hydrolysis) is 1. The number of aliphatic hydroxyl groups excluding tert-OH is 1. The maximum Gasteiger partial charge on any atom is 0.416 e. The number of carbonyl (C=O) groups is 5. The number of alkyl halides is 3. The Morgan fingerprint density at radius 3 is 2.03 bits per heavy atom. The number of nitrogens with two attached hydrogens (primary N) is 1. The third-order valence-corrected chi connectivity index (χ3v) is 4.70. The molecule has 0 heterocycles. The zero-order chi connectivity index (χ0) is 30.0. The van der Waals surface area contributed by atoms with Gasteiger partial charge in [-0.2, -0.15) is 13.2 Å². The lowest BCUT2D eigenvalue weighted by Gasteiger charge is -2.26. The monoisotopic (exact) mass is 563 g/mol. The molecule has 2 unspecified atom stereocenters. The van der Waals surface area contributed by atoms with Gasteiger partial charge in [0.2, 0.25) is 23.6 Å². The largest absolute Gasteiger partial charge is 0.453 e. The molecule has 0 aliphatic heterocycles. The number of benzene rings is 1. The number of amides is 5. The van der Waals surface area contributed by atoms with Crippen LogP contribution >= 0.6 is 0 Å². The summed E-state index contributed by atoms with van der Waals surface area (Å²) >= 11 is 0. The molecule has 0 aliphatic carbocycles. The Labute approximate surface area is 224 Å². The van der Waals surface area contributed by atoms with Gasteiger partial charge in [-0.1, -0.05) is 50.6 Å². The SMILES string of the molecule is CCC.COC(=O)NCC(=O)N[C@@H](Cc1ccccc1)C(=O)NCC(=O)NC(CCC(N)=O)C(O)C(F)(F)F. The second kappa shape index (κ2) is 18.4. The minimum atomic E-state index is -5.08. The van der Waals surface area contributed by atoms with E-state index in [0.29, 0.717) is 5.56 Å². The van der Waals surface area contributed by atoms with Gasteiger partial charge in [-0.15, -0.1) is 0 Å². The lowest BCUT2D eigenvalue weighted by atomic mass is 10.0. The van der Waals surface area contributed by atoms with Crippen molar-refractivity contribution < 1.29 is 47.0 Å². The maximum absolute atomic E-state index is 12.9. The highest BCUT2D eigenvalue weighted by Gasteiger charge is 2.44. The van der Waals surface area contributed by atoms with Gasteiger partial charge < -0.3 is 36.8 Å². The summed E-state index contributed by atoms with van der Waals surface area (Å²) < 4.78 is 43.0. The summed E-state index contributed by atoms with van der Waals surface area (Å²) in [4.78, 5) is 59.0. The zero-order valence-corrected chi connectivity index (χ0v) is 22.0. The topological polar surface area (TPSA) is 189 Å². The minimum Gasteiger partial charge on any atom is -0.453 e. The van der Waals surface area contributed by atoms with E-state index in [9.17, 15) is 42.3 Å². The Morgan fingerprint density at radius 2 is 1.51 bits per heavy atom. The van der Waals surface area contributed by atoms with Crippen molar-refractivity contribution in [2.45, 2.75) is 63.9 Å². The van der Waals surface area contributed by atoms with E-state index in [1.54, 1.807) is 30.3 Å². The van der Waals surface area contributed by atoms with E-state index in [0.717, 1.165) is 7.11 Å². The number of hydrogen-bond acceptors (Lipinski definition) is 7. The summed E-state index contributed by atoms with van der Waals surface area (Å²) in [5, 5.41) is 18.1. The molecule has 15 heteroatoms. The van der Waals surface area contributed by atoms with Crippen LogP contribution in [0.15, 0.2) is 30.3 Å². The van der Waals surface area contributed by atoms with Crippen LogP contribution in [0.25, 0.3) is 0 Å². The fraction of sp³-hybridized carbons (Fsp3) is 0.542. The van der Waals surface area contributed by atoms with Crippen LogP contribution in [-0.4, -0.2) is 79.4 Å². The molecular weight excluding hydrogens is 527 g/mol. The quantitative estimate of drug-likeness (QED) is 0.199. The van der Waals surface area contributed by atoms with Gasteiger partial charge >= 0.3 is 12.3 Å². The number of ether oxygens (including phenoxy) is 1. The molecule has 0 aromatic heterocycles. The molecule has 5 amide bonds. The molecule has 0 bridgehead atoms. The molecule has 0 radical (unpaired) electrons. The van der Waals surface area contributed by atoms with Crippen molar-refractivity contribution >= 4 is 29.7 Å². The summed E-state index contributed by atoms with van der Waals surface area (Å²) in [7, 11) is 1.09. The molecule has 220 valence electrons. The molecular formula is C24H36F3N5O7. The normalized spacial score (nSPS) is 12.9. The fourth-order valence-corrected chi connectivity index (χ4v) is 2.91. The number of aliphatic hydroxyl groups is 1. The molecule has 1 rings (SSSR count). The highest BCUT2D eigenvalue weighted by Crippen LogP contribution is 2.24. The second-order valence-electron chi connectivity index (χ2n) is 8.25. The Balaban J connectivity index is 0.00000458. The molecule has 0 saturated carbocycles. The number of hydrogen-bond donors (Lipinski definition) is 6. The van der Waals surface area contributed by atoms with E-state index in [2.05, 4.69) is 34.5 Å². The van der Waals surface area contributed by atoms with Gasteiger partial charge in [-0.05, 0) is 12.0 Å². The maximum atomic E-state index is 12.9. The predicted molar refractivity (Wildman–Crippen MR) is 134 cm³/mol. The summed E-state index contributed by atoms with van der Waals surface area (Å²) in [6.45, 7) is 2.95. The van der Waals surface area contributed by atoms with Crippen molar-refractivity contribution in [3.8, 4) is 0 Å². The average molecular weight is 564 g/mol. The molecule has 7 N–H and O–H groups in total. The third kappa shape index (κ3) is 15.9. The van der Waals surface area contributed by atoms with E-state index >= 15 is 0 Å². The second-order valence-corrected chi connectivity index (χ2v) is 8.25. The Hall–Kier alpha value is -3.88. The first-order valence-electron chi connectivity index (χ1n) is 12.0. The van der Waals surface area contributed by atoms with Crippen molar-refractivity contribution in [2.75, 3.05) is 20.2 Å². The smallest absolute Gasteiger partial charge is 0.416 e. The summed E-state index contributed by atoms with van der Waals surface area (Å²) in [5.41, 5.74) is 5.57. The number of nitrogens with one attached hydrogen (secondary N) is 4. The van der Waals surface area contributed by atoms with E-state index in [-0.39, 0.29) is 6.42 Å². The van der Waals surface area contributed by atoms with Crippen molar-refractivity contribution in [2.24, 2.45) is 5.73 Å². The average Bonchev–Trinajstić information content (AvgIpc) is 2.87. The van der Waals surface area contributed by atoms with Crippen molar-refractivity contribution in [1.29, 1.82) is 0 Å². The van der Waals surface area contributed by atoms with Crippen molar-refractivity contribution in [1.82, 2.24) is 21.3 Å². The van der Waals surface area contributed by atoms with E-state index in [1.165, 1.54) is 6.42 Å². The number of rotatable bonds is 13. The van der Waals surface area contributed by atoms with Crippen molar-refractivity contribution in [3.63, 3.8) is 0 Å². The molecule has 0 fully saturated rings. The highest BCUT2D eigenvalue weighted by molar-refractivity contribution is 5.91. The first-order valence-corrected chi connectivity index (χ1v) is 12.0. The molecule has 3 atom stereocenters. The zero-order valence-electron chi connectivity index (χ0n) is 22.0. The molecule has 1 aromatic rings. The number of carbonyl (C=O) groups excluding carboxylic acids is 5. The summed E-state index contributed by atoms with van der Waals surface area (Å²) in [5.74, 6) is -3.61. The van der Waals surface area contributed by atoms with Gasteiger partial charge in [0.25, 0.3) is 0 Å². The number of primary amides is 1. The van der Waals surface area contributed by atoms with Crippen LogP contribution in [0.1, 0.15) is 38.7 Å². The number of halogens is 3. The first kappa shape index (κ1) is 35.1. The molecule has 0 spiro atoms. The summed E-state index contributed by atoms with van der Waals surface area (Å²) in [6.07, 6.45) is -8.80. The predicted octanol–water partition coefficient (Wildman–Crippen LogP) is 0.276. The van der Waals surface area contributed by atoms with Crippen LogP contribution in [0.2, 0.25) is 0 Å². The minimum absolute atomic E-state index is 0.00766. The van der Waals surface area contributed by atoms with Crippen molar-refractivity contribution in [3.05, 3.63) is 35.9 Å². The van der Waals surface area contributed by atoms with Crippen LogP contribution < -0.4 is 27.0 Å². The van der Waals surface area contributed by atoms with Gasteiger partial charge in [-0.25, -0.2) is 4.79 Å². The van der Waals surface area contributed by atoms with E-state index in [1.807, 2.05) is 5.32 Å². The van der Waals surface area contributed by atoms with Crippen LogP contribution in [0.4, 0.5) is 18.0 Å². The Bertz CT molecular complexity index is 932. The lowest BCUT2D eigenvalue weighted by molar-refractivity contribution is -0.212. The fourth-order valence-electron chi connectivity index (χ4n) is 2.91. The van der Waals surface area contributed by atoms with E-state index in [4.69, 9.17) is 5.73 Å². The molecule has 12 nitrogen and oxygen atoms in total. The molecule has 0 saturated heterocycles. The van der Waals surface area contributed by atoms with Gasteiger partial charge in [0.15, 0.2) is 6.10 Å². The Morgan fingerprint density at radius 1 is 0.974 bits per heavy atom. The van der Waals surface area contributed by atoms with Crippen LogP contribution in [-0.2, 0) is 30.3 Å².